The van der Waals surface area contributed by atoms with Gasteiger partial charge >= 0.3 is 5.97 Å². The molecular formula is C8H10N2O2S2. The molecule has 1 fully saturated rings. The number of hydrogen-bond donors (Lipinski definition) is 2. The molecule has 6 heteroatoms. The molecule has 1 heterocycles. The Morgan fingerprint density at radius 3 is 2.79 bits per heavy atom. The first-order valence-electron chi connectivity index (χ1n) is 4.26. The topological polar surface area (TPSA) is 76.2 Å². The lowest BCUT2D eigenvalue weighted by Crippen LogP contribution is -2.41. The Morgan fingerprint density at radius 1 is 1.71 bits per heavy atom. The van der Waals surface area contributed by atoms with E-state index in [0.29, 0.717) is 5.13 Å². The quantitative estimate of drug-likeness (QED) is 0.828. The summed E-state index contributed by atoms with van der Waals surface area (Å²) in [5.74, 6) is -0.722. The van der Waals surface area contributed by atoms with Gasteiger partial charge in [-0.3, -0.25) is 4.79 Å². The number of aromatic nitrogens is 1. The van der Waals surface area contributed by atoms with Crippen molar-refractivity contribution in [1.29, 1.82) is 0 Å². The van der Waals surface area contributed by atoms with Gasteiger partial charge in [-0.05, 0) is 19.3 Å². The van der Waals surface area contributed by atoms with Gasteiger partial charge in [0.25, 0.3) is 0 Å². The molecule has 1 aliphatic rings. The van der Waals surface area contributed by atoms with Crippen LogP contribution in [-0.4, -0.2) is 20.8 Å². The zero-order valence-electron chi connectivity index (χ0n) is 7.40. The average molecular weight is 230 g/mol. The fourth-order valence-corrected chi connectivity index (χ4v) is 3.76. The molecule has 1 aromatic rings. The fourth-order valence-electron chi connectivity index (χ4n) is 1.37. The van der Waals surface area contributed by atoms with Crippen molar-refractivity contribution in [2.24, 2.45) is 0 Å². The highest BCUT2D eigenvalue weighted by molar-refractivity contribution is 8.03. The molecular weight excluding hydrogens is 220 g/mol. The maximum atomic E-state index is 11.0. The molecule has 2 rings (SSSR count). The van der Waals surface area contributed by atoms with Crippen molar-refractivity contribution >= 4 is 34.2 Å². The molecule has 0 unspecified atom stereocenters. The summed E-state index contributed by atoms with van der Waals surface area (Å²) in [5.41, 5.74) is 5.48. The van der Waals surface area contributed by atoms with Crippen LogP contribution in [0.1, 0.15) is 19.3 Å². The predicted molar refractivity (Wildman–Crippen MR) is 56.6 cm³/mol. The maximum Gasteiger partial charge on any atom is 0.320 e. The maximum absolute atomic E-state index is 11.0. The van der Waals surface area contributed by atoms with Gasteiger partial charge in [0.15, 0.2) is 5.13 Å². The van der Waals surface area contributed by atoms with E-state index in [1.165, 1.54) is 23.1 Å². The molecule has 0 aromatic carbocycles. The minimum absolute atomic E-state index is 0.493. The number of nitrogen functional groups attached to an aromatic ring is 1. The van der Waals surface area contributed by atoms with Crippen molar-refractivity contribution in [3.05, 3.63) is 6.20 Å². The standard InChI is InChI=1S/C8H10N2O2S2/c9-7-10-4-5(13-7)14-8(6(11)12)2-1-3-8/h4H,1-3H2,(H2,9,10)(H,11,12). The monoisotopic (exact) mass is 230 g/mol. The minimum Gasteiger partial charge on any atom is -0.480 e. The smallest absolute Gasteiger partial charge is 0.320 e. The number of carboxylic acid groups (broad SMARTS) is 1. The average Bonchev–Trinajstić information content (AvgIpc) is 2.43. The summed E-state index contributed by atoms with van der Waals surface area (Å²) in [5, 5.41) is 9.58. The van der Waals surface area contributed by atoms with Gasteiger partial charge < -0.3 is 10.8 Å². The second-order valence-electron chi connectivity index (χ2n) is 3.27. The van der Waals surface area contributed by atoms with Crippen LogP contribution < -0.4 is 5.73 Å². The van der Waals surface area contributed by atoms with Crippen LogP contribution in [0.4, 0.5) is 5.13 Å². The van der Waals surface area contributed by atoms with Gasteiger partial charge in [0.2, 0.25) is 0 Å². The summed E-state index contributed by atoms with van der Waals surface area (Å²) in [6, 6.07) is 0. The molecule has 0 spiro atoms. The van der Waals surface area contributed by atoms with Crippen molar-refractivity contribution in [1.82, 2.24) is 4.98 Å². The van der Waals surface area contributed by atoms with E-state index in [-0.39, 0.29) is 0 Å². The summed E-state index contributed by atoms with van der Waals surface area (Å²) in [7, 11) is 0. The molecule has 14 heavy (non-hydrogen) atoms. The first-order valence-corrected chi connectivity index (χ1v) is 5.89. The number of carbonyl (C=O) groups is 1. The highest BCUT2D eigenvalue weighted by Crippen LogP contribution is 2.49. The van der Waals surface area contributed by atoms with Gasteiger partial charge in [-0.15, -0.1) is 0 Å². The molecule has 1 aliphatic carbocycles. The summed E-state index contributed by atoms with van der Waals surface area (Å²) < 4.78 is 0.281. The van der Waals surface area contributed by atoms with Crippen LogP contribution in [-0.2, 0) is 4.79 Å². The third-order valence-electron chi connectivity index (χ3n) is 2.35. The summed E-state index contributed by atoms with van der Waals surface area (Å²) in [4.78, 5) is 14.9. The Kier molecular flexibility index (Phi) is 2.40. The summed E-state index contributed by atoms with van der Waals surface area (Å²) in [6.07, 6.45) is 4.12. The molecule has 0 saturated heterocycles. The van der Waals surface area contributed by atoms with Crippen LogP contribution in [0.2, 0.25) is 0 Å². The third kappa shape index (κ3) is 1.59. The molecule has 0 amide bonds. The number of rotatable bonds is 3. The van der Waals surface area contributed by atoms with Crippen molar-refractivity contribution in [2.75, 3.05) is 5.73 Å². The summed E-state index contributed by atoms with van der Waals surface area (Å²) >= 11 is 2.73. The largest absolute Gasteiger partial charge is 0.480 e. The van der Waals surface area contributed by atoms with Gasteiger partial charge in [0.05, 0.1) is 10.4 Å². The van der Waals surface area contributed by atoms with Crippen LogP contribution in [0, 0.1) is 0 Å². The van der Waals surface area contributed by atoms with Gasteiger partial charge in [0.1, 0.15) is 4.75 Å². The molecule has 0 radical (unpaired) electrons. The van der Waals surface area contributed by atoms with Crippen LogP contribution in [0.15, 0.2) is 10.4 Å². The van der Waals surface area contributed by atoms with E-state index in [1.807, 2.05) is 0 Å². The van der Waals surface area contributed by atoms with E-state index >= 15 is 0 Å². The molecule has 0 bridgehead atoms. The Labute approximate surface area is 89.5 Å². The Balaban J connectivity index is 2.12. The lowest BCUT2D eigenvalue weighted by atomic mass is 9.84. The van der Waals surface area contributed by atoms with Crippen molar-refractivity contribution in [3.63, 3.8) is 0 Å². The molecule has 0 aliphatic heterocycles. The molecule has 3 N–H and O–H groups in total. The number of anilines is 1. The number of aliphatic carboxylic acids is 1. The lowest BCUT2D eigenvalue weighted by Gasteiger charge is -2.36. The SMILES string of the molecule is Nc1ncc(SC2(C(=O)O)CCC2)s1. The van der Waals surface area contributed by atoms with E-state index in [9.17, 15) is 4.79 Å². The highest BCUT2D eigenvalue weighted by atomic mass is 32.2. The highest BCUT2D eigenvalue weighted by Gasteiger charge is 2.45. The van der Waals surface area contributed by atoms with E-state index in [0.717, 1.165) is 23.5 Å². The molecule has 0 atom stereocenters. The Hall–Kier alpha value is -0.750. The Bertz CT molecular complexity index is 360. The summed E-state index contributed by atoms with van der Waals surface area (Å²) in [6.45, 7) is 0. The molecule has 1 saturated carbocycles. The minimum atomic E-state index is -0.722. The first-order chi connectivity index (χ1) is 6.62. The number of nitrogens with two attached hydrogens (primary N) is 1. The number of nitrogens with zero attached hydrogens (tertiary/aromatic N) is 1. The van der Waals surface area contributed by atoms with Gasteiger partial charge in [-0.25, -0.2) is 4.98 Å². The molecule has 76 valence electrons. The van der Waals surface area contributed by atoms with Crippen LogP contribution in [0.5, 0.6) is 0 Å². The zero-order chi connectivity index (χ0) is 10.2. The number of thiazole rings is 1. The van der Waals surface area contributed by atoms with Gasteiger partial charge in [0, 0.05) is 0 Å². The van der Waals surface area contributed by atoms with Crippen LogP contribution in [0.3, 0.4) is 0 Å². The second-order valence-corrected chi connectivity index (χ2v) is 6.02. The van der Waals surface area contributed by atoms with Gasteiger partial charge in [-0.1, -0.05) is 23.1 Å². The Morgan fingerprint density at radius 2 is 2.43 bits per heavy atom. The van der Waals surface area contributed by atoms with Crippen LogP contribution >= 0.6 is 23.1 Å². The van der Waals surface area contributed by atoms with E-state index in [1.54, 1.807) is 6.20 Å². The number of carboxylic acids is 1. The van der Waals surface area contributed by atoms with Crippen molar-refractivity contribution in [2.45, 2.75) is 28.2 Å². The molecule has 4 nitrogen and oxygen atoms in total. The van der Waals surface area contributed by atoms with E-state index < -0.39 is 10.7 Å². The third-order valence-corrected chi connectivity index (χ3v) is 4.75. The van der Waals surface area contributed by atoms with E-state index in [2.05, 4.69) is 4.98 Å². The zero-order valence-corrected chi connectivity index (χ0v) is 9.03. The molecule has 1 aromatic heterocycles. The fraction of sp³-hybridized carbons (Fsp3) is 0.500. The number of hydrogen-bond acceptors (Lipinski definition) is 5. The lowest BCUT2D eigenvalue weighted by molar-refractivity contribution is -0.142. The van der Waals surface area contributed by atoms with Crippen molar-refractivity contribution in [3.8, 4) is 0 Å². The van der Waals surface area contributed by atoms with E-state index in [4.69, 9.17) is 10.8 Å². The van der Waals surface area contributed by atoms with Crippen LogP contribution in [0.25, 0.3) is 0 Å². The van der Waals surface area contributed by atoms with Gasteiger partial charge in [-0.2, -0.15) is 0 Å². The number of thioether (sulfide) groups is 1. The van der Waals surface area contributed by atoms with Crippen molar-refractivity contribution < 1.29 is 9.90 Å². The predicted octanol–water partition coefficient (Wildman–Crippen LogP) is 1.82. The normalized spacial score (nSPS) is 18.9. The second kappa shape index (κ2) is 3.43. The first kappa shape index (κ1) is 9.79.